The summed E-state index contributed by atoms with van der Waals surface area (Å²) in [4.78, 5) is 20.0. The fraction of sp³-hybridized carbons (Fsp3) is 0.333. The number of carbonyl (C=O) groups excluding carboxylic acids is 1. The molecule has 170 valence electrons. The largest absolute Gasteiger partial charge is 0.497 e. The van der Waals surface area contributed by atoms with Crippen LogP contribution in [0.25, 0.3) is 11.3 Å². The zero-order chi connectivity index (χ0) is 23.1. The van der Waals surface area contributed by atoms with Gasteiger partial charge in [0.15, 0.2) is 16.6 Å². The van der Waals surface area contributed by atoms with Crippen molar-refractivity contribution in [3.8, 4) is 34.3 Å². The SMILES string of the molecule is CCCCN(C(=O)c1cc(OC)c(OC)c(OC)c1)c1nc(-c2ccc(OC)cc2)cs1. The van der Waals surface area contributed by atoms with Crippen LogP contribution in [0.5, 0.6) is 23.0 Å². The van der Waals surface area contributed by atoms with E-state index in [0.717, 1.165) is 29.8 Å². The molecule has 1 aromatic heterocycles. The minimum Gasteiger partial charge on any atom is -0.497 e. The summed E-state index contributed by atoms with van der Waals surface area (Å²) in [6.45, 7) is 2.65. The van der Waals surface area contributed by atoms with Crippen LogP contribution in [0.4, 0.5) is 5.13 Å². The summed E-state index contributed by atoms with van der Waals surface area (Å²) in [6, 6.07) is 11.0. The Bertz CT molecular complexity index is 1020. The smallest absolute Gasteiger partial charge is 0.260 e. The zero-order valence-corrected chi connectivity index (χ0v) is 19.8. The maximum Gasteiger partial charge on any atom is 0.260 e. The predicted molar refractivity (Wildman–Crippen MR) is 127 cm³/mol. The molecule has 0 fully saturated rings. The molecule has 0 bridgehead atoms. The Morgan fingerprint density at radius 1 is 0.969 bits per heavy atom. The first-order valence-corrected chi connectivity index (χ1v) is 11.2. The molecule has 0 N–H and O–H groups in total. The number of anilines is 1. The van der Waals surface area contributed by atoms with Gasteiger partial charge in [0.25, 0.3) is 5.91 Å². The molecule has 0 atom stereocenters. The number of nitrogens with zero attached hydrogens (tertiary/aromatic N) is 2. The van der Waals surface area contributed by atoms with Gasteiger partial charge in [-0.05, 0) is 42.8 Å². The van der Waals surface area contributed by atoms with Crippen molar-refractivity contribution in [3.05, 3.63) is 47.3 Å². The van der Waals surface area contributed by atoms with Crippen molar-refractivity contribution in [1.82, 2.24) is 4.98 Å². The maximum absolute atomic E-state index is 13.5. The van der Waals surface area contributed by atoms with E-state index in [-0.39, 0.29) is 5.91 Å². The first-order valence-electron chi connectivity index (χ1n) is 10.3. The van der Waals surface area contributed by atoms with Gasteiger partial charge < -0.3 is 18.9 Å². The molecule has 0 saturated carbocycles. The third-order valence-electron chi connectivity index (χ3n) is 5.00. The van der Waals surface area contributed by atoms with Gasteiger partial charge in [0.2, 0.25) is 5.75 Å². The molecular weight excluding hydrogens is 428 g/mol. The van der Waals surface area contributed by atoms with Crippen LogP contribution in [0.3, 0.4) is 0 Å². The highest BCUT2D eigenvalue weighted by Gasteiger charge is 2.24. The van der Waals surface area contributed by atoms with Crippen LogP contribution >= 0.6 is 11.3 Å². The van der Waals surface area contributed by atoms with Crippen molar-refractivity contribution < 1.29 is 23.7 Å². The average Bonchev–Trinajstić information content (AvgIpc) is 3.33. The summed E-state index contributed by atoms with van der Waals surface area (Å²) in [7, 11) is 6.23. The summed E-state index contributed by atoms with van der Waals surface area (Å²) < 4.78 is 21.4. The molecular formula is C24H28N2O5S. The van der Waals surface area contributed by atoms with Gasteiger partial charge in [-0.3, -0.25) is 9.69 Å². The van der Waals surface area contributed by atoms with Crippen LogP contribution in [-0.4, -0.2) is 45.9 Å². The Labute approximate surface area is 192 Å². The monoisotopic (exact) mass is 456 g/mol. The van der Waals surface area contributed by atoms with E-state index in [4.69, 9.17) is 23.9 Å². The molecule has 0 spiro atoms. The highest BCUT2D eigenvalue weighted by atomic mass is 32.1. The lowest BCUT2D eigenvalue weighted by molar-refractivity contribution is 0.0985. The van der Waals surface area contributed by atoms with Gasteiger partial charge in [-0.15, -0.1) is 11.3 Å². The molecule has 0 aliphatic rings. The van der Waals surface area contributed by atoms with Crippen LogP contribution in [0.1, 0.15) is 30.1 Å². The van der Waals surface area contributed by atoms with E-state index in [1.165, 1.54) is 32.7 Å². The minimum absolute atomic E-state index is 0.173. The molecule has 3 aromatic rings. The Balaban J connectivity index is 1.96. The van der Waals surface area contributed by atoms with Crippen molar-refractivity contribution in [3.63, 3.8) is 0 Å². The fourth-order valence-electron chi connectivity index (χ4n) is 3.24. The Kier molecular flexibility index (Phi) is 7.94. The Hall–Kier alpha value is -3.26. The van der Waals surface area contributed by atoms with Crippen LogP contribution in [0, 0.1) is 0 Å². The van der Waals surface area contributed by atoms with Crippen molar-refractivity contribution in [1.29, 1.82) is 0 Å². The molecule has 0 unspecified atom stereocenters. The lowest BCUT2D eigenvalue weighted by Crippen LogP contribution is -2.32. The number of rotatable bonds is 10. The van der Waals surface area contributed by atoms with Crippen LogP contribution in [0.15, 0.2) is 41.8 Å². The number of unbranched alkanes of at least 4 members (excludes halogenated alkanes) is 1. The molecule has 8 heteroatoms. The first kappa shape index (κ1) is 23.4. The average molecular weight is 457 g/mol. The Morgan fingerprint density at radius 2 is 1.62 bits per heavy atom. The summed E-state index contributed by atoms with van der Waals surface area (Å²) in [5.41, 5.74) is 2.22. The van der Waals surface area contributed by atoms with E-state index >= 15 is 0 Å². The lowest BCUT2D eigenvalue weighted by Gasteiger charge is -2.21. The quantitative estimate of drug-likeness (QED) is 0.413. The lowest BCUT2D eigenvalue weighted by atomic mass is 10.1. The van der Waals surface area contributed by atoms with Gasteiger partial charge in [-0.2, -0.15) is 0 Å². The number of amides is 1. The van der Waals surface area contributed by atoms with E-state index in [0.29, 0.717) is 34.5 Å². The Morgan fingerprint density at radius 3 is 2.16 bits per heavy atom. The molecule has 32 heavy (non-hydrogen) atoms. The number of methoxy groups -OCH3 is 4. The van der Waals surface area contributed by atoms with Crippen LogP contribution < -0.4 is 23.8 Å². The molecule has 7 nitrogen and oxygen atoms in total. The van der Waals surface area contributed by atoms with E-state index < -0.39 is 0 Å². The third kappa shape index (κ3) is 4.96. The van der Waals surface area contributed by atoms with E-state index in [1.807, 2.05) is 29.6 Å². The summed E-state index contributed by atoms with van der Waals surface area (Å²) >= 11 is 1.44. The van der Waals surface area contributed by atoms with E-state index in [9.17, 15) is 4.79 Å². The number of hydrogen-bond donors (Lipinski definition) is 0. The van der Waals surface area contributed by atoms with Gasteiger partial charge >= 0.3 is 0 Å². The number of benzene rings is 2. The molecule has 2 aromatic carbocycles. The van der Waals surface area contributed by atoms with Crippen molar-refractivity contribution in [2.75, 3.05) is 39.9 Å². The molecule has 0 radical (unpaired) electrons. The second kappa shape index (κ2) is 10.9. The van der Waals surface area contributed by atoms with Gasteiger partial charge in [0.1, 0.15) is 5.75 Å². The minimum atomic E-state index is -0.173. The van der Waals surface area contributed by atoms with Crippen molar-refractivity contribution in [2.45, 2.75) is 19.8 Å². The molecule has 1 amide bonds. The fourth-order valence-corrected chi connectivity index (χ4v) is 4.10. The number of carbonyl (C=O) groups is 1. The first-order chi connectivity index (χ1) is 15.6. The number of ether oxygens (including phenoxy) is 4. The van der Waals surface area contributed by atoms with Crippen LogP contribution in [0.2, 0.25) is 0 Å². The standard InChI is InChI=1S/C24H28N2O5S/c1-6-7-12-26(23(27)17-13-20(29-3)22(31-5)21(14-17)30-4)24-25-19(15-32-24)16-8-10-18(28-2)11-9-16/h8-11,13-15H,6-7,12H2,1-5H3. The van der Waals surface area contributed by atoms with Gasteiger partial charge in [-0.25, -0.2) is 4.98 Å². The second-order valence-electron chi connectivity index (χ2n) is 6.97. The number of aromatic nitrogens is 1. The number of hydrogen-bond acceptors (Lipinski definition) is 7. The third-order valence-corrected chi connectivity index (χ3v) is 5.86. The molecule has 3 rings (SSSR count). The highest BCUT2D eigenvalue weighted by molar-refractivity contribution is 7.14. The van der Waals surface area contributed by atoms with Gasteiger partial charge in [0, 0.05) is 23.1 Å². The zero-order valence-electron chi connectivity index (χ0n) is 19.0. The molecule has 0 saturated heterocycles. The molecule has 0 aliphatic carbocycles. The second-order valence-corrected chi connectivity index (χ2v) is 7.80. The highest BCUT2D eigenvalue weighted by Crippen LogP contribution is 2.39. The molecule has 0 aliphatic heterocycles. The van der Waals surface area contributed by atoms with E-state index in [2.05, 4.69) is 6.92 Å². The van der Waals surface area contributed by atoms with Crippen molar-refractivity contribution in [2.24, 2.45) is 0 Å². The number of thiazole rings is 1. The summed E-state index contributed by atoms with van der Waals surface area (Å²) in [5, 5.41) is 2.60. The van der Waals surface area contributed by atoms with Gasteiger partial charge in [0.05, 0.1) is 34.1 Å². The topological polar surface area (TPSA) is 70.1 Å². The van der Waals surface area contributed by atoms with Crippen LogP contribution in [-0.2, 0) is 0 Å². The predicted octanol–water partition coefficient (Wildman–Crippen LogP) is 5.29. The van der Waals surface area contributed by atoms with E-state index in [1.54, 1.807) is 24.1 Å². The summed E-state index contributed by atoms with van der Waals surface area (Å²) in [6.07, 6.45) is 1.81. The van der Waals surface area contributed by atoms with Gasteiger partial charge in [-0.1, -0.05) is 13.3 Å². The van der Waals surface area contributed by atoms with Crippen molar-refractivity contribution >= 4 is 22.4 Å². The summed E-state index contributed by atoms with van der Waals surface area (Å²) in [5.74, 6) is 1.93. The maximum atomic E-state index is 13.5. The normalized spacial score (nSPS) is 10.5. The molecule has 1 heterocycles.